The first-order valence-corrected chi connectivity index (χ1v) is 9.59. The van der Waals surface area contributed by atoms with Gasteiger partial charge in [-0.2, -0.15) is 0 Å². The molecule has 3 aromatic rings. The molecule has 0 fully saturated rings. The highest BCUT2D eigenvalue weighted by atomic mass is 14.7. The minimum absolute atomic E-state index is 0.115. The van der Waals surface area contributed by atoms with Crippen LogP contribution in [0.3, 0.4) is 0 Å². The van der Waals surface area contributed by atoms with Crippen molar-refractivity contribution >= 4 is 10.9 Å². The summed E-state index contributed by atoms with van der Waals surface area (Å²) in [7, 11) is 0. The molecular weight excluding hydrogens is 314 g/mol. The molecule has 1 aliphatic carbocycles. The molecule has 0 atom stereocenters. The third-order valence-electron chi connectivity index (χ3n) is 7.65. The maximum atomic E-state index is 4.93. The van der Waals surface area contributed by atoms with Crippen LogP contribution in [-0.4, -0.2) is 4.98 Å². The number of pyridine rings is 1. The van der Waals surface area contributed by atoms with Gasteiger partial charge in [0.25, 0.3) is 0 Å². The van der Waals surface area contributed by atoms with E-state index < -0.39 is 0 Å². The topological polar surface area (TPSA) is 12.9 Å². The molecule has 1 aromatic heterocycles. The van der Waals surface area contributed by atoms with E-state index >= 15 is 0 Å². The van der Waals surface area contributed by atoms with Gasteiger partial charge in [0.15, 0.2) is 0 Å². The highest BCUT2D eigenvalue weighted by Crippen LogP contribution is 2.62. The van der Waals surface area contributed by atoms with Gasteiger partial charge in [0.1, 0.15) is 0 Å². The quantitative estimate of drug-likeness (QED) is 0.473. The van der Waals surface area contributed by atoms with Gasteiger partial charge in [0.05, 0.1) is 11.2 Å². The van der Waals surface area contributed by atoms with Crippen LogP contribution < -0.4 is 0 Å². The fourth-order valence-electron chi connectivity index (χ4n) is 4.91. The summed E-state index contributed by atoms with van der Waals surface area (Å²) in [5, 5.41) is 1.19. The maximum absolute atomic E-state index is 4.93. The Kier molecular flexibility index (Phi) is 3.45. The average molecular weight is 344 g/mol. The van der Waals surface area contributed by atoms with Gasteiger partial charge < -0.3 is 0 Å². The van der Waals surface area contributed by atoms with Gasteiger partial charge >= 0.3 is 0 Å². The van der Waals surface area contributed by atoms with Crippen molar-refractivity contribution in [1.82, 2.24) is 4.98 Å². The van der Waals surface area contributed by atoms with Gasteiger partial charge in [-0.1, -0.05) is 65.8 Å². The predicted molar refractivity (Wildman–Crippen MR) is 112 cm³/mol. The standard InChI is InChI=1S/C25H29N/c1-16-14-18(21-13-12-17-10-8-9-11-20(17)26-21)15-19-22(16)24(4,5)25(6,7)23(19,2)3/h8-15H,1-7H3. The monoisotopic (exact) mass is 343 g/mol. The Morgan fingerprint density at radius 2 is 1.46 bits per heavy atom. The van der Waals surface area contributed by atoms with Gasteiger partial charge in [-0.15, -0.1) is 0 Å². The highest BCUT2D eigenvalue weighted by molar-refractivity contribution is 5.81. The molecule has 1 nitrogen and oxygen atoms in total. The SMILES string of the molecule is Cc1cc(-c2ccc3ccccc3n2)cc2c1C(C)(C)C(C)(C)C2(C)C. The van der Waals surface area contributed by atoms with E-state index in [1.54, 1.807) is 0 Å². The fraction of sp³-hybridized carbons (Fsp3) is 0.400. The molecule has 134 valence electrons. The van der Waals surface area contributed by atoms with Crippen LogP contribution in [0.25, 0.3) is 22.2 Å². The lowest BCUT2D eigenvalue weighted by Crippen LogP contribution is -2.42. The molecular formula is C25H29N. The Morgan fingerprint density at radius 3 is 2.19 bits per heavy atom. The molecule has 1 aliphatic rings. The van der Waals surface area contributed by atoms with Crippen molar-refractivity contribution in [3.05, 3.63) is 65.2 Å². The molecule has 0 spiro atoms. The van der Waals surface area contributed by atoms with Gasteiger partial charge in [-0.05, 0) is 64.1 Å². The molecule has 26 heavy (non-hydrogen) atoms. The second kappa shape index (κ2) is 5.19. The van der Waals surface area contributed by atoms with E-state index in [1.807, 2.05) is 0 Å². The van der Waals surface area contributed by atoms with Crippen LogP contribution in [0.2, 0.25) is 0 Å². The number of hydrogen-bond donors (Lipinski definition) is 0. The van der Waals surface area contributed by atoms with Gasteiger partial charge in [-0.25, -0.2) is 4.98 Å². The van der Waals surface area contributed by atoms with Crippen molar-refractivity contribution in [2.45, 2.75) is 59.3 Å². The third kappa shape index (κ3) is 2.06. The van der Waals surface area contributed by atoms with E-state index in [4.69, 9.17) is 4.98 Å². The number of fused-ring (bicyclic) bond motifs is 2. The molecule has 0 radical (unpaired) electrons. The molecule has 0 N–H and O–H groups in total. The van der Waals surface area contributed by atoms with E-state index in [2.05, 4.69) is 97.0 Å². The van der Waals surface area contributed by atoms with Crippen molar-refractivity contribution in [2.75, 3.05) is 0 Å². The summed E-state index contributed by atoms with van der Waals surface area (Å²) < 4.78 is 0. The molecule has 0 amide bonds. The number of aromatic nitrogens is 1. The zero-order valence-corrected chi connectivity index (χ0v) is 17.1. The van der Waals surface area contributed by atoms with Crippen LogP contribution in [0, 0.1) is 12.3 Å². The van der Waals surface area contributed by atoms with Crippen LogP contribution >= 0.6 is 0 Å². The molecule has 0 bridgehead atoms. The predicted octanol–water partition coefficient (Wildman–Crippen LogP) is 6.81. The van der Waals surface area contributed by atoms with E-state index in [0.717, 1.165) is 11.2 Å². The number of benzene rings is 2. The minimum Gasteiger partial charge on any atom is -0.248 e. The van der Waals surface area contributed by atoms with Crippen LogP contribution in [-0.2, 0) is 10.8 Å². The Bertz CT molecular complexity index is 1020. The summed E-state index contributed by atoms with van der Waals surface area (Å²) >= 11 is 0. The van der Waals surface area contributed by atoms with Crippen LogP contribution in [0.15, 0.2) is 48.5 Å². The molecule has 2 aromatic carbocycles. The zero-order chi connectivity index (χ0) is 18.9. The van der Waals surface area contributed by atoms with Gasteiger partial charge in [0, 0.05) is 10.9 Å². The summed E-state index contributed by atoms with van der Waals surface area (Å²) in [5.74, 6) is 0. The summed E-state index contributed by atoms with van der Waals surface area (Å²) in [5.41, 5.74) is 8.19. The van der Waals surface area contributed by atoms with E-state index in [9.17, 15) is 0 Å². The first kappa shape index (κ1) is 17.3. The Balaban J connectivity index is 1.96. The first-order chi connectivity index (χ1) is 12.1. The Morgan fingerprint density at radius 1 is 0.769 bits per heavy atom. The number of rotatable bonds is 1. The van der Waals surface area contributed by atoms with Gasteiger partial charge in [0.2, 0.25) is 0 Å². The van der Waals surface area contributed by atoms with Crippen molar-refractivity contribution in [2.24, 2.45) is 5.41 Å². The molecule has 0 aliphatic heterocycles. The summed E-state index contributed by atoms with van der Waals surface area (Å²) in [6, 6.07) is 17.4. The lowest BCUT2D eigenvalue weighted by Gasteiger charge is -2.44. The summed E-state index contributed by atoms with van der Waals surface area (Å²) in [6.07, 6.45) is 0. The normalized spacial score (nSPS) is 19.5. The third-order valence-corrected chi connectivity index (χ3v) is 7.65. The number of nitrogens with zero attached hydrogens (tertiary/aromatic N) is 1. The highest BCUT2D eigenvalue weighted by Gasteiger charge is 2.57. The van der Waals surface area contributed by atoms with Crippen molar-refractivity contribution in [3.8, 4) is 11.3 Å². The first-order valence-electron chi connectivity index (χ1n) is 9.59. The molecule has 0 unspecified atom stereocenters. The minimum atomic E-state index is 0.115. The largest absolute Gasteiger partial charge is 0.248 e. The zero-order valence-electron chi connectivity index (χ0n) is 17.1. The lowest BCUT2D eigenvalue weighted by atomic mass is 9.59. The summed E-state index contributed by atoms with van der Waals surface area (Å²) in [6.45, 7) is 16.7. The second-order valence-electron chi connectivity index (χ2n) is 9.48. The average Bonchev–Trinajstić information content (AvgIpc) is 2.69. The van der Waals surface area contributed by atoms with Gasteiger partial charge in [-0.3, -0.25) is 0 Å². The van der Waals surface area contributed by atoms with E-state index in [-0.39, 0.29) is 16.2 Å². The number of hydrogen-bond acceptors (Lipinski definition) is 1. The molecule has 1 heteroatoms. The number of para-hydroxylation sites is 1. The molecule has 0 saturated carbocycles. The van der Waals surface area contributed by atoms with E-state index in [1.165, 1.54) is 27.6 Å². The number of aryl methyl sites for hydroxylation is 1. The Hall–Kier alpha value is -2.15. The fourth-order valence-corrected chi connectivity index (χ4v) is 4.91. The van der Waals surface area contributed by atoms with Crippen molar-refractivity contribution in [1.29, 1.82) is 0 Å². The smallest absolute Gasteiger partial charge is 0.0709 e. The molecule has 0 saturated heterocycles. The second-order valence-corrected chi connectivity index (χ2v) is 9.48. The molecule has 1 heterocycles. The van der Waals surface area contributed by atoms with Crippen LogP contribution in [0.1, 0.15) is 58.2 Å². The molecule has 4 rings (SSSR count). The lowest BCUT2D eigenvalue weighted by molar-refractivity contribution is 0.125. The van der Waals surface area contributed by atoms with Crippen molar-refractivity contribution in [3.63, 3.8) is 0 Å². The van der Waals surface area contributed by atoms with Crippen LogP contribution in [0.4, 0.5) is 0 Å². The Labute approximate surface area is 157 Å². The van der Waals surface area contributed by atoms with Crippen molar-refractivity contribution < 1.29 is 0 Å². The summed E-state index contributed by atoms with van der Waals surface area (Å²) in [4.78, 5) is 4.93. The van der Waals surface area contributed by atoms with Crippen LogP contribution in [0.5, 0.6) is 0 Å². The van der Waals surface area contributed by atoms with E-state index in [0.29, 0.717) is 0 Å². The maximum Gasteiger partial charge on any atom is 0.0709 e.